The molecule has 0 amide bonds. The first-order valence-corrected chi connectivity index (χ1v) is 5.42. The minimum Gasteiger partial charge on any atom is -0.214 e. The average Bonchev–Trinajstić information content (AvgIpc) is 2.86. The first-order valence-electron chi connectivity index (χ1n) is 5.42. The SMILES string of the molecule is Cc1c(C)c(C)[c-](C)c1C.[Zr+2].c1cc[cH-]c1. The molecule has 0 fully saturated rings. The third kappa shape index (κ3) is 3.56. The van der Waals surface area contributed by atoms with Gasteiger partial charge in [0, 0.05) is 0 Å². The molecule has 0 radical (unpaired) electrons. The summed E-state index contributed by atoms with van der Waals surface area (Å²) in [5.41, 5.74) is 7.34. The zero-order chi connectivity index (χ0) is 11.4. The summed E-state index contributed by atoms with van der Waals surface area (Å²) in [6.45, 7) is 11.0. The summed E-state index contributed by atoms with van der Waals surface area (Å²) in [6, 6.07) is 10.0. The molecule has 0 saturated carbocycles. The molecule has 0 heterocycles. The maximum atomic E-state index is 2.20. The molecule has 16 heavy (non-hydrogen) atoms. The second-order valence-electron chi connectivity index (χ2n) is 4.09. The number of rotatable bonds is 0. The molecule has 0 aliphatic heterocycles. The third-order valence-corrected chi connectivity index (χ3v) is 3.37. The molecule has 0 aliphatic rings. The monoisotopic (exact) mass is 290 g/mol. The maximum Gasteiger partial charge on any atom is 2.00 e. The van der Waals surface area contributed by atoms with Crippen LogP contribution in [-0.4, -0.2) is 0 Å². The van der Waals surface area contributed by atoms with Crippen LogP contribution in [0.4, 0.5) is 0 Å². The molecule has 0 saturated heterocycles. The summed E-state index contributed by atoms with van der Waals surface area (Å²) < 4.78 is 0. The van der Waals surface area contributed by atoms with Gasteiger partial charge in [-0.1, -0.05) is 34.6 Å². The Morgan fingerprint density at radius 2 is 1.25 bits per heavy atom. The second kappa shape index (κ2) is 7.02. The standard InChI is InChI=1S/C10H15.C5H5.Zr/c1-6-7(2)9(4)10(5)8(6)3;1-2-4-5-3-1;/h1-5H3;1-5H;/q2*-1;+2. The Morgan fingerprint density at radius 3 is 1.38 bits per heavy atom. The van der Waals surface area contributed by atoms with Crippen LogP contribution in [0.3, 0.4) is 0 Å². The predicted molar refractivity (Wildman–Crippen MR) is 67.8 cm³/mol. The zero-order valence-electron chi connectivity index (χ0n) is 10.9. The van der Waals surface area contributed by atoms with Crippen molar-refractivity contribution in [1.29, 1.82) is 0 Å². The van der Waals surface area contributed by atoms with Gasteiger partial charge in [0.25, 0.3) is 0 Å². The smallest absolute Gasteiger partial charge is 0.214 e. The van der Waals surface area contributed by atoms with Gasteiger partial charge >= 0.3 is 26.2 Å². The molecule has 1 heteroatoms. The Balaban J connectivity index is 0.000000318. The van der Waals surface area contributed by atoms with Crippen LogP contribution in [0.15, 0.2) is 30.3 Å². The van der Waals surface area contributed by atoms with Gasteiger partial charge in [0.1, 0.15) is 0 Å². The quantitative estimate of drug-likeness (QED) is 0.633. The van der Waals surface area contributed by atoms with E-state index in [1.54, 1.807) is 0 Å². The van der Waals surface area contributed by atoms with Gasteiger partial charge in [0.2, 0.25) is 0 Å². The summed E-state index contributed by atoms with van der Waals surface area (Å²) in [5.74, 6) is 0. The van der Waals surface area contributed by atoms with E-state index in [1.165, 1.54) is 27.8 Å². The van der Waals surface area contributed by atoms with Crippen LogP contribution in [0.1, 0.15) is 27.8 Å². The van der Waals surface area contributed by atoms with Crippen molar-refractivity contribution in [2.75, 3.05) is 0 Å². The van der Waals surface area contributed by atoms with Gasteiger partial charge in [-0.05, 0) is 0 Å². The van der Waals surface area contributed by atoms with Crippen LogP contribution in [0, 0.1) is 34.6 Å². The fourth-order valence-corrected chi connectivity index (χ4v) is 1.73. The Labute approximate surface area is 119 Å². The average molecular weight is 292 g/mol. The van der Waals surface area contributed by atoms with Crippen LogP contribution in [-0.2, 0) is 26.2 Å². The minimum absolute atomic E-state index is 0. The van der Waals surface area contributed by atoms with E-state index >= 15 is 0 Å². The normalized spacial score (nSPS) is 9.06. The molecule has 0 spiro atoms. The summed E-state index contributed by atoms with van der Waals surface area (Å²) in [5, 5.41) is 0. The van der Waals surface area contributed by atoms with Crippen molar-refractivity contribution >= 4 is 0 Å². The Morgan fingerprint density at radius 1 is 0.875 bits per heavy atom. The van der Waals surface area contributed by atoms with Gasteiger partial charge in [-0.15, -0.1) is 0 Å². The summed E-state index contributed by atoms with van der Waals surface area (Å²) in [7, 11) is 0. The van der Waals surface area contributed by atoms with E-state index < -0.39 is 0 Å². The van der Waals surface area contributed by atoms with Gasteiger partial charge in [-0.2, -0.15) is 46.0 Å². The molecule has 2 rings (SSSR count). The maximum absolute atomic E-state index is 2.20. The number of hydrogen-bond donors (Lipinski definition) is 0. The van der Waals surface area contributed by atoms with Crippen LogP contribution in [0.2, 0.25) is 0 Å². The van der Waals surface area contributed by atoms with Crippen molar-refractivity contribution in [2.24, 2.45) is 0 Å². The largest absolute Gasteiger partial charge is 2.00 e. The number of hydrogen-bond acceptors (Lipinski definition) is 0. The van der Waals surface area contributed by atoms with E-state index in [-0.39, 0.29) is 26.2 Å². The van der Waals surface area contributed by atoms with Crippen molar-refractivity contribution in [2.45, 2.75) is 34.6 Å². The molecular formula is C15H20Zr. The Hall–Kier alpha value is -0.417. The first kappa shape index (κ1) is 15.6. The molecule has 2 aromatic carbocycles. The summed E-state index contributed by atoms with van der Waals surface area (Å²) >= 11 is 0. The van der Waals surface area contributed by atoms with Gasteiger partial charge < -0.3 is 0 Å². The molecular weight excluding hydrogens is 271 g/mol. The first-order chi connectivity index (χ1) is 7.05. The minimum atomic E-state index is 0. The Kier molecular flexibility index (Phi) is 6.83. The van der Waals surface area contributed by atoms with Crippen LogP contribution in [0.25, 0.3) is 0 Å². The summed E-state index contributed by atoms with van der Waals surface area (Å²) in [6.07, 6.45) is 0. The fraction of sp³-hybridized carbons (Fsp3) is 0.333. The van der Waals surface area contributed by atoms with E-state index in [2.05, 4.69) is 34.6 Å². The molecule has 0 aliphatic carbocycles. The van der Waals surface area contributed by atoms with Crippen LogP contribution >= 0.6 is 0 Å². The van der Waals surface area contributed by atoms with E-state index in [1.807, 2.05) is 30.3 Å². The van der Waals surface area contributed by atoms with Crippen LogP contribution < -0.4 is 0 Å². The predicted octanol–water partition coefficient (Wildman–Crippen LogP) is 4.35. The topological polar surface area (TPSA) is 0 Å². The Bertz CT molecular complexity index is 308. The molecule has 2 aromatic rings. The summed E-state index contributed by atoms with van der Waals surface area (Å²) in [4.78, 5) is 0. The van der Waals surface area contributed by atoms with Crippen molar-refractivity contribution in [3.63, 3.8) is 0 Å². The van der Waals surface area contributed by atoms with E-state index in [9.17, 15) is 0 Å². The van der Waals surface area contributed by atoms with Gasteiger partial charge in [-0.25, -0.2) is 12.1 Å². The second-order valence-corrected chi connectivity index (χ2v) is 4.09. The van der Waals surface area contributed by atoms with E-state index in [0.717, 1.165) is 0 Å². The van der Waals surface area contributed by atoms with Crippen molar-refractivity contribution < 1.29 is 26.2 Å². The molecule has 0 N–H and O–H groups in total. The molecule has 0 aromatic heterocycles. The van der Waals surface area contributed by atoms with Gasteiger partial charge in [0.05, 0.1) is 0 Å². The fourth-order valence-electron chi connectivity index (χ4n) is 1.73. The third-order valence-electron chi connectivity index (χ3n) is 3.37. The molecule has 0 atom stereocenters. The van der Waals surface area contributed by atoms with E-state index in [0.29, 0.717) is 0 Å². The van der Waals surface area contributed by atoms with Crippen molar-refractivity contribution in [3.05, 3.63) is 58.1 Å². The van der Waals surface area contributed by atoms with Crippen LogP contribution in [0.5, 0.6) is 0 Å². The van der Waals surface area contributed by atoms with Gasteiger partial charge in [0.15, 0.2) is 0 Å². The van der Waals surface area contributed by atoms with Crippen molar-refractivity contribution in [3.8, 4) is 0 Å². The molecule has 84 valence electrons. The van der Waals surface area contributed by atoms with Gasteiger partial charge in [-0.3, -0.25) is 0 Å². The zero-order valence-corrected chi connectivity index (χ0v) is 13.3. The molecule has 0 nitrogen and oxygen atoms in total. The molecule has 0 bridgehead atoms. The van der Waals surface area contributed by atoms with Crippen molar-refractivity contribution in [1.82, 2.24) is 0 Å². The van der Waals surface area contributed by atoms with E-state index in [4.69, 9.17) is 0 Å². The molecule has 0 unspecified atom stereocenters.